The number of carbonyl (C=O) groups is 1. The fraction of sp³-hybridized carbons (Fsp3) is 0.261. The third-order valence-electron chi connectivity index (χ3n) is 5.24. The summed E-state index contributed by atoms with van der Waals surface area (Å²) in [6, 6.07) is 10.5. The van der Waals surface area contributed by atoms with Gasteiger partial charge in [-0.25, -0.2) is 0 Å². The highest BCUT2D eigenvalue weighted by atomic mass is 19.4. The van der Waals surface area contributed by atoms with Gasteiger partial charge >= 0.3 is 6.18 Å². The second kappa shape index (κ2) is 8.96. The first kappa shape index (κ1) is 21.8. The number of nitrogens with zero attached hydrogens (tertiary/aromatic N) is 2. The molecular weight excluding hydrogens is 423 g/mol. The van der Waals surface area contributed by atoms with Gasteiger partial charge in [-0.15, -0.1) is 0 Å². The highest BCUT2D eigenvalue weighted by Crippen LogP contribution is 2.28. The Bertz CT molecular complexity index is 1190. The van der Waals surface area contributed by atoms with Crippen molar-refractivity contribution in [2.24, 2.45) is 0 Å². The molecule has 0 fully saturated rings. The summed E-state index contributed by atoms with van der Waals surface area (Å²) in [6.07, 6.45) is -1.34. The first-order chi connectivity index (χ1) is 15.3. The zero-order valence-electron chi connectivity index (χ0n) is 17.0. The summed E-state index contributed by atoms with van der Waals surface area (Å²) in [4.78, 5) is 28.8. The van der Waals surface area contributed by atoms with E-state index in [1.165, 1.54) is 34.5 Å². The lowest BCUT2D eigenvalue weighted by molar-refractivity contribution is -0.137. The van der Waals surface area contributed by atoms with E-state index in [1.54, 1.807) is 6.07 Å². The molecule has 1 aromatic carbocycles. The van der Waals surface area contributed by atoms with Crippen molar-refractivity contribution in [2.45, 2.75) is 32.3 Å². The molecule has 3 heterocycles. The lowest BCUT2D eigenvalue weighted by Crippen LogP contribution is -2.25. The van der Waals surface area contributed by atoms with Gasteiger partial charge < -0.3 is 14.6 Å². The Morgan fingerprint density at radius 1 is 1.12 bits per heavy atom. The Morgan fingerprint density at radius 3 is 2.69 bits per heavy atom. The van der Waals surface area contributed by atoms with Crippen LogP contribution in [0, 0.1) is 0 Å². The molecule has 6 nitrogen and oxygen atoms in total. The maximum Gasteiger partial charge on any atom is 0.417 e. The van der Waals surface area contributed by atoms with Gasteiger partial charge in [-0.05, 0) is 48.4 Å². The predicted octanol–water partition coefficient (Wildman–Crippen LogP) is 3.37. The van der Waals surface area contributed by atoms with E-state index in [4.69, 9.17) is 4.74 Å². The summed E-state index contributed by atoms with van der Waals surface area (Å²) in [7, 11) is 0. The van der Waals surface area contributed by atoms with Crippen molar-refractivity contribution < 1.29 is 22.7 Å². The molecular formula is C23H20F3N3O3. The number of pyridine rings is 2. The topological polar surface area (TPSA) is 73.2 Å². The molecule has 1 aliphatic heterocycles. The van der Waals surface area contributed by atoms with E-state index in [0.29, 0.717) is 11.3 Å². The van der Waals surface area contributed by atoms with Crippen molar-refractivity contribution in [2.75, 3.05) is 6.54 Å². The molecule has 0 unspecified atom stereocenters. The van der Waals surface area contributed by atoms with Crippen LogP contribution in [0.15, 0.2) is 59.7 Å². The van der Waals surface area contributed by atoms with E-state index in [2.05, 4.69) is 10.3 Å². The smallest absolute Gasteiger partial charge is 0.417 e. The second-order valence-electron chi connectivity index (χ2n) is 7.49. The van der Waals surface area contributed by atoms with Crippen molar-refractivity contribution >= 4 is 5.78 Å². The molecule has 0 saturated heterocycles. The predicted molar refractivity (Wildman–Crippen MR) is 110 cm³/mol. The zero-order chi connectivity index (χ0) is 22.7. The number of hydrogen-bond acceptors (Lipinski definition) is 5. The van der Waals surface area contributed by atoms with Gasteiger partial charge in [0.25, 0.3) is 5.56 Å². The number of ketones is 1. The third kappa shape index (κ3) is 5.05. The van der Waals surface area contributed by atoms with E-state index in [9.17, 15) is 22.8 Å². The molecule has 166 valence electrons. The Labute approximate surface area is 181 Å². The largest absolute Gasteiger partial charge is 0.487 e. The van der Waals surface area contributed by atoms with Crippen LogP contribution >= 0.6 is 0 Å². The summed E-state index contributed by atoms with van der Waals surface area (Å²) in [5.74, 6) is 0.0587. The summed E-state index contributed by atoms with van der Waals surface area (Å²) < 4.78 is 44.5. The molecule has 1 N–H and O–H groups in total. The average Bonchev–Trinajstić information content (AvgIpc) is 2.78. The quantitative estimate of drug-likeness (QED) is 0.592. The molecule has 0 spiro atoms. The van der Waals surface area contributed by atoms with Crippen LogP contribution in [0.3, 0.4) is 0 Å². The first-order valence-corrected chi connectivity index (χ1v) is 10.0. The Balaban J connectivity index is 1.39. The van der Waals surface area contributed by atoms with E-state index in [0.717, 1.165) is 37.3 Å². The number of fused-ring (bicyclic) bond motifs is 1. The molecule has 32 heavy (non-hydrogen) atoms. The highest BCUT2D eigenvalue weighted by molar-refractivity contribution is 5.96. The van der Waals surface area contributed by atoms with Crippen LogP contribution in [-0.2, 0) is 32.3 Å². The van der Waals surface area contributed by atoms with Gasteiger partial charge in [0, 0.05) is 30.6 Å². The Kier molecular flexibility index (Phi) is 6.09. The standard InChI is InChI=1S/C23H20F3N3O3/c24-23(25,26)18-3-4-19(28-12-18)14-32-20-6-8-29(22(31)10-20)13-21(30)16-2-1-15-5-7-27-11-17(15)9-16/h1-4,6,8-10,12,27H,5,7,11,13-14H2. The molecule has 9 heteroatoms. The fourth-order valence-corrected chi connectivity index (χ4v) is 3.44. The second-order valence-corrected chi connectivity index (χ2v) is 7.49. The van der Waals surface area contributed by atoms with Crippen LogP contribution < -0.4 is 15.6 Å². The molecule has 3 aromatic rings. The van der Waals surface area contributed by atoms with Crippen molar-refractivity contribution in [1.29, 1.82) is 0 Å². The maximum atomic E-state index is 12.6. The van der Waals surface area contributed by atoms with Crippen LogP contribution in [0.25, 0.3) is 0 Å². The lowest BCUT2D eigenvalue weighted by Gasteiger charge is -2.17. The van der Waals surface area contributed by atoms with Crippen LogP contribution in [-0.4, -0.2) is 21.9 Å². The van der Waals surface area contributed by atoms with E-state index in [-0.39, 0.29) is 24.7 Å². The highest BCUT2D eigenvalue weighted by Gasteiger charge is 2.30. The van der Waals surface area contributed by atoms with Crippen molar-refractivity contribution in [3.8, 4) is 5.75 Å². The normalized spacial score (nSPS) is 13.5. The first-order valence-electron chi connectivity index (χ1n) is 10.0. The fourth-order valence-electron chi connectivity index (χ4n) is 3.44. The van der Waals surface area contributed by atoms with E-state index in [1.807, 2.05) is 12.1 Å². The average molecular weight is 443 g/mol. The number of Topliss-reactive ketones (excluding diaryl/α,β-unsaturated/α-hetero) is 1. The summed E-state index contributed by atoms with van der Waals surface area (Å²) in [5, 5.41) is 3.27. The number of alkyl halides is 3. The molecule has 1 aliphatic rings. The number of ether oxygens (including phenoxy) is 1. The number of nitrogens with one attached hydrogen (secondary N) is 1. The minimum atomic E-state index is -4.45. The minimum Gasteiger partial charge on any atom is -0.487 e. The van der Waals surface area contributed by atoms with Gasteiger partial charge in [-0.2, -0.15) is 13.2 Å². The van der Waals surface area contributed by atoms with Gasteiger partial charge in [0.1, 0.15) is 12.4 Å². The number of hydrogen-bond donors (Lipinski definition) is 1. The lowest BCUT2D eigenvalue weighted by atomic mass is 9.97. The summed E-state index contributed by atoms with van der Waals surface area (Å²) >= 11 is 0. The zero-order valence-corrected chi connectivity index (χ0v) is 17.0. The molecule has 2 aromatic heterocycles. The molecule has 0 amide bonds. The number of aromatic nitrogens is 2. The molecule has 0 atom stereocenters. The number of halogens is 3. The summed E-state index contributed by atoms with van der Waals surface area (Å²) in [6.45, 7) is 1.44. The van der Waals surface area contributed by atoms with Gasteiger partial charge in [0.2, 0.25) is 0 Å². The number of rotatable bonds is 6. The molecule has 0 aliphatic carbocycles. The maximum absolute atomic E-state index is 12.6. The Morgan fingerprint density at radius 2 is 1.97 bits per heavy atom. The van der Waals surface area contributed by atoms with Crippen molar-refractivity contribution in [3.63, 3.8) is 0 Å². The van der Waals surface area contributed by atoms with Crippen molar-refractivity contribution in [3.05, 3.63) is 93.2 Å². The SMILES string of the molecule is O=C(Cn1ccc(OCc2ccc(C(F)(F)F)cn2)cc1=O)c1ccc2c(c1)CNCC2. The molecule has 0 bridgehead atoms. The Hall–Kier alpha value is -3.46. The number of carbonyl (C=O) groups excluding carboxylic acids is 1. The van der Waals surface area contributed by atoms with Crippen LogP contribution in [0.5, 0.6) is 5.75 Å². The van der Waals surface area contributed by atoms with Crippen molar-refractivity contribution in [1.82, 2.24) is 14.9 Å². The number of benzene rings is 1. The molecule has 0 saturated carbocycles. The summed E-state index contributed by atoms with van der Waals surface area (Å²) in [5.41, 5.74) is 1.89. The van der Waals surface area contributed by atoms with Gasteiger partial charge in [0.15, 0.2) is 5.78 Å². The van der Waals surface area contributed by atoms with Gasteiger partial charge in [-0.3, -0.25) is 14.6 Å². The third-order valence-corrected chi connectivity index (χ3v) is 5.24. The van der Waals surface area contributed by atoms with Crippen LogP contribution in [0.1, 0.15) is 32.7 Å². The van der Waals surface area contributed by atoms with E-state index >= 15 is 0 Å². The van der Waals surface area contributed by atoms with Crippen LogP contribution in [0.2, 0.25) is 0 Å². The molecule has 0 radical (unpaired) electrons. The van der Waals surface area contributed by atoms with Gasteiger partial charge in [-0.1, -0.05) is 12.1 Å². The van der Waals surface area contributed by atoms with Gasteiger partial charge in [0.05, 0.1) is 17.8 Å². The van der Waals surface area contributed by atoms with Crippen LogP contribution in [0.4, 0.5) is 13.2 Å². The monoisotopic (exact) mass is 443 g/mol. The molecule has 4 rings (SSSR count). The van der Waals surface area contributed by atoms with E-state index < -0.39 is 17.3 Å². The minimum absolute atomic E-state index is 0.0936.